The molecule has 24 heavy (non-hydrogen) atoms. The fourth-order valence-corrected chi connectivity index (χ4v) is 2.00. The van der Waals surface area contributed by atoms with Gasteiger partial charge in [0.2, 0.25) is 0 Å². The van der Waals surface area contributed by atoms with E-state index in [0.717, 1.165) is 5.56 Å². The Morgan fingerprint density at radius 3 is 2.29 bits per heavy atom. The van der Waals surface area contributed by atoms with Crippen LogP contribution in [0.1, 0.15) is 12.5 Å². The third kappa shape index (κ3) is 6.44. The van der Waals surface area contributed by atoms with E-state index in [1.165, 1.54) is 0 Å². The summed E-state index contributed by atoms with van der Waals surface area (Å²) in [4.78, 5) is 16.8. The fraction of sp³-hybridized carbons (Fsp3) is 0.111. The van der Waals surface area contributed by atoms with Gasteiger partial charge in [-0.25, -0.2) is 0 Å². The average molecular weight is 363 g/mol. The van der Waals surface area contributed by atoms with Gasteiger partial charge in [0.05, 0.1) is 5.71 Å². The Hall–Kier alpha value is -2.30. The molecule has 0 radical (unpaired) electrons. The van der Waals surface area contributed by atoms with Gasteiger partial charge in [-0.05, 0) is 55.0 Å². The summed E-state index contributed by atoms with van der Waals surface area (Å²) in [6, 6.07) is 14.2. The first-order chi connectivity index (χ1) is 11.5. The van der Waals surface area contributed by atoms with E-state index < -0.39 is 0 Å². The quantitative estimate of drug-likeness (QED) is 0.578. The second-order valence-electron chi connectivity index (χ2n) is 4.95. The van der Waals surface area contributed by atoms with Crippen molar-refractivity contribution in [2.24, 2.45) is 5.16 Å². The number of nitrogens with one attached hydrogen (secondary N) is 1. The standard InChI is InChI=1S/C18H16Cl2N2O2/c1-13(2-3-14-4-6-15(19)7-5-14)22-24-12-18(23)21-17-10-8-16(20)9-11-17/h2-11H,12H2,1H3,(H,21,23)/b3-2+,22-13+. The minimum Gasteiger partial charge on any atom is -0.385 e. The molecule has 6 heteroatoms. The van der Waals surface area contributed by atoms with E-state index in [2.05, 4.69) is 10.5 Å². The number of halogens is 2. The van der Waals surface area contributed by atoms with E-state index in [0.29, 0.717) is 21.4 Å². The Morgan fingerprint density at radius 2 is 1.67 bits per heavy atom. The van der Waals surface area contributed by atoms with Crippen LogP contribution in [0.2, 0.25) is 10.0 Å². The minimum atomic E-state index is -0.296. The Morgan fingerprint density at radius 1 is 1.08 bits per heavy atom. The van der Waals surface area contributed by atoms with E-state index in [4.69, 9.17) is 28.0 Å². The molecule has 2 rings (SSSR count). The molecule has 0 aliphatic carbocycles. The molecule has 4 nitrogen and oxygen atoms in total. The van der Waals surface area contributed by atoms with Crippen molar-refractivity contribution >= 4 is 46.6 Å². The summed E-state index contributed by atoms with van der Waals surface area (Å²) in [5.74, 6) is -0.296. The van der Waals surface area contributed by atoms with Crippen LogP contribution in [0, 0.1) is 0 Å². The van der Waals surface area contributed by atoms with Crippen LogP contribution in [0.4, 0.5) is 5.69 Å². The maximum atomic E-state index is 11.7. The molecule has 0 aliphatic heterocycles. The first kappa shape index (κ1) is 18.0. The second kappa shape index (κ2) is 9.11. The summed E-state index contributed by atoms with van der Waals surface area (Å²) in [6.07, 6.45) is 3.67. The number of allylic oxidation sites excluding steroid dienone is 1. The third-order valence-electron chi connectivity index (χ3n) is 2.92. The van der Waals surface area contributed by atoms with Crippen molar-refractivity contribution in [2.75, 3.05) is 11.9 Å². The molecular weight excluding hydrogens is 347 g/mol. The van der Waals surface area contributed by atoms with Gasteiger partial charge in [-0.15, -0.1) is 0 Å². The summed E-state index contributed by atoms with van der Waals surface area (Å²) in [6.45, 7) is 1.61. The lowest BCUT2D eigenvalue weighted by Gasteiger charge is -2.04. The van der Waals surface area contributed by atoms with E-state index in [9.17, 15) is 4.79 Å². The van der Waals surface area contributed by atoms with Crippen molar-refractivity contribution in [2.45, 2.75) is 6.92 Å². The molecule has 0 heterocycles. The predicted octanol–water partition coefficient (Wildman–Crippen LogP) is 5.04. The largest absolute Gasteiger partial charge is 0.385 e. The van der Waals surface area contributed by atoms with E-state index in [1.807, 2.05) is 30.3 Å². The highest BCUT2D eigenvalue weighted by atomic mass is 35.5. The molecular formula is C18H16Cl2N2O2. The molecule has 2 aromatic rings. The van der Waals surface area contributed by atoms with Crippen molar-refractivity contribution in [3.63, 3.8) is 0 Å². The van der Waals surface area contributed by atoms with Crippen LogP contribution >= 0.6 is 23.2 Å². The van der Waals surface area contributed by atoms with Crippen LogP contribution in [0.15, 0.2) is 59.8 Å². The average Bonchev–Trinajstić information content (AvgIpc) is 2.56. The molecule has 0 unspecified atom stereocenters. The fourth-order valence-electron chi connectivity index (χ4n) is 1.74. The first-order valence-corrected chi connectivity index (χ1v) is 7.94. The van der Waals surface area contributed by atoms with Gasteiger partial charge in [-0.1, -0.05) is 46.6 Å². The molecule has 0 saturated heterocycles. The molecule has 0 aromatic heterocycles. The summed E-state index contributed by atoms with van der Waals surface area (Å²) in [5.41, 5.74) is 2.29. The summed E-state index contributed by atoms with van der Waals surface area (Å²) in [7, 11) is 0. The molecule has 2 aromatic carbocycles. The normalized spacial score (nSPS) is 11.5. The lowest BCUT2D eigenvalue weighted by molar-refractivity contribution is -0.120. The summed E-state index contributed by atoms with van der Waals surface area (Å²) >= 11 is 11.6. The maximum absolute atomic E-state index is 11.7. The van der Waals surface area contributed by atoms with E-state index in [-0.39, 0.29) is 12.5 Å². The highest BCUT2D eigenvalue weighted by molar-refractivity contribution is 6.30. The molecule has 0 bridgehead atoms. The SMILES string of the molecule is CC(/C=C/c1ccc(Cl)cc1)=N\OCC(=O)Nc1ccc(Cl)cc1. The Bertz CT molecular complexity index is 739. The van der Waals surface area contributed by atoms with Gasteiger partial charge in [-0.3, -0.25) is 4.79 Å². The maximum Gasteiger partial charge on any atom is 0.265 e. The van der Waals surface area contributed by atoms with Crippen LogP contribution in [0.3, 0.4) is 0 Å². The van der Waals surface area contributed by atoms with Gasteiger partial charge in [0.25, 0.3) is 5.91 Å². The Balaban J connectivity index is 1.78. The van der Waals surface area contributed by atoms with Gasteiger partial charge in [0, 0.05) is 15.7 Å². The number of carbonyl (C=O) groups is 1. The molecule has 0 spiro atoms. The zero-order chi connectivity index (χ0) is 17.4. The van der Waals surface area contributed by atoms with Crippen molar-refractivity contribution in [1.82, 2.24) is 0 Å². The predicted molar refractivity (Wildman–Crippen MR) is 99.6 cm³/mol. The van der Waals surface area contributed by atoms with Gasteiger partial charge in [0.1, 0.15) is 0 Å². The number of rotatable bonds is 6. The molecule has 1 amide bonds. The van der Waals surface area contributed by atoms with Gasteiger partial charge < -0.3 is 10.2 Å². The molecule has 0 atom stereocenters. The highest BCUT2D eigenvalue weighted by Gasteiger charge is 2.02. The minimum absolute atomic E-state index is 0.172. The van der Waals surface area contributed by atoms with Gasteiger partial charge in [-0.2, -0.15) is 0 Å². The topological polar surface area (TPSA) is 50.7 Å². The van der Waals surface area contributed by atoms with Crippen LogP contribution in [-0.2, 0) is 9.63 Å². The molecule has 0 saturated carbocycles. The summed E-state index contributed by atoms with van der Waals surface area (Å²) in [5, 5.41) is 7.85. The molecule has 1 N–H and O–H groups in total. The number of benzene rings is 2. The van der Waals surface area contributed by atoms with Crippen LogP contribution in [0.5, 0.6) is 0 Å². The molecule has 124 valence electrons. The number of anilines is 1. The van der Waals surface area contributed by atoms with Gasteiger partial charge >= 0.3 is 0 Å². The number of hydrogen-bond donors (Lipinski definition) is 1. The molecule has 0 fully saturated rings. The van der Waals surface area contributed by atoms with Crippen molar-refractivity contribution in [1.29, 1.82) is 0 Å². The van der Waals surface area contributed by atoms with Crippen molar-refractivity contribution in [3.8, 4) is 0 Å². The number of nitrogens with zero attached hydrogens (tertiary/aromatic N) is 1. The third-order valence-corrected chi connectivity index (χ3v) is 3.42. The van der Waals surface area contributed by atoms with Crippen LogP contribution in [-0.4, -0.2) is 18.2 Å². The Labute approximate surface area is 150 Å². The zero-order valence-corrected chi connectivity index (χ0v) is 14.5. The van der Waals surface area contributed by atoms with Crippen LogP contribution < -0.4 is 5.32 Å². The van der Waals surface area contributed by atoms with Crippen molar-refractivity contribution < 1.29 is 9.63 Å². The smallest absolute Gasteiger partial charge is 0.265 e. The van der Waals surface area contributed by atoms with E-state index in [1.54, 1.807) is 37.3 Å². The monoisotopic (exact) mass is 362 g/mol. The van der Waals surface area contributed by atoms with Crippen LogP contribution in [0.25, 0.3) is 6.08 Å². The number of amides is 1. The van der Waals surface area contributed by atoms with E-state index >= 15 is 0 Å². The number of oxime groups is 1. The first-order valence-electron chi connectivity index (χ1n) is 7.18. The lowest BCUT2D eigenvalue weighted by atomic mass is 10.2. The highest BCUT2D eigenvalue weighted by Crippen LogP contribution is 2.13. The van der Waals surface area contributed by atoms with Gasteiger partial charge in [0.15, 0.2) is 6.61 Å². The lowest BCUT2D eigenvalue weighted by Crippen LogP contribution is -2.17. The number of carbonyl (C=O) groups excluding carboxylic acids is 1. The second-order valence-corrected chi connectivity index (χ2v) is 5.82. The number of hydrogen-bond acceptors (Lipinski definition) is 3. The Kier molecular flexibility index (Phi) is 6.85. The molecule has 0 aliphatic rings. The zero-order valence-electron chi connectivity index (χ0n) is 13.0. The summed E-state index contributed by atoms with van der Waals surface area (Å²) < 4.78 is 0. The van der Waals surface area contributed by atoms with Crippen molar-refractivity contribution in [3.05, 3.63) is 70.2 Å².